The van der Waals surface area contributed by atoms with E-state index >= 15 is 0 Å². The van der Waals surface area contributed by atoms with Gasteiger partial charge in [0.2, 0.25) is 0 Å². The number of hydrogen-bond donors (Lipinski definition) is 1. The van der Waals surface area contributed by atoms with Crippen molar-refractivity contribution in [3.05, 3.63) is 77.4 Å². The lowest BCUT2D eigenvalue weighted by Gasteiger charge is -2.14. The van der Waals surface area contributed by atoms with Crippen LogP contribution >= 0.6 is 0 Å². The van der Waals surface area contributed by atoms with E-state index in [2.05, 4.69) is 33.6 Å². The first-order chi connectivity index (χ1) is 13.6. The number of carbonyl (C=O) groups excluding carboxylic acids is 1. The standard InChI is InChI=1S/C22H21N5O/c1-14-3-8-21-23-12-20(27(21)13-14)22(28)24-19-7-5-15-11-16(4-6-17(15)19)18-9-10-26(2)25-18/h3-4,6,8-13,19H,5,7H2,1-2H3,(H,24,28). The predicted molar refractivity (Wildman–Crippen MR) is 107 cm³/mol. The molecule has 1 aromatic carbocycles. The Morgan fingerprint density at radius 2 is 2.11 bits per heavy atom. The minimum absolute atomic E-state index is 0.0237. The molecule has 0 radical (unpaired) electrons. The second-order valence-electron chi connectivity index (χ2n) is 7.43. The summed E-state index contributed by atoms with van der Waals surface area (Å²) >= 11 is 0. The Hall–Kier alpha value is -3.41. The van der Waals surface area contributed by atoms with Crippen molar-refractivity contribution >= 4 is 11.6 Å². The molecule has 1 amide bonds. The quantitative estimate of drug-likeness (QED) is 0.600. The van der Waals surface area contributed by atoms with Crippen LogP contribution in [0.2, 0.25) is 0 Å². The van der Waals surface area contributed by atoms with Gasteiger partial charge in [0, 0.05) is 25.0 Å². The molecule has 1 N–H and O–H groups in total. The molecule has 1 aliphatic rings. The van der Waals surface area contributed by atoms with Crippen molar-refractivity contribution in [3.63, 3.8) is 0 Å². The Bertz CT molecular complexity index is 1200. The van der Waals surface area contributed by atoms with Gasteiger partial charge < -0.3 is 5.32 Å². The molecule has 0 aliphatic heterocycles. The molecule has 0 saturated heterocycles. The number of amides is 1. The van der Waals surface area contributed by atoms with E-state index < -0.39 is 0 Å². The van der Waals surface area contributed by atoms with Gasteiger partial charge in [-0.1, -0.05) is 18.2 Å². The summed E-state index contributed by atoms with van der Waals surface area (Å²) in [5.41, 5.74) is 7.00. The van der Waals surface area contributed by atoms with Crippen LogP contribution in [0, 0.1) is 6.92 Å². The zero-order valence-electron chi connectivity index (χ0n) is 15.9. The number of pyridine rings is 1. The highest BCUT2D eigenvalue weighted by atomic mass is 16.2. The molecule has 0 bridgehead atoms. The number of rotatable bonds is 3. The van der Waals surface area contributed by atoms with Crippen LogP contribution in [0.3, 0.4) is 0 Å². The maximum Gasteiger partial charge on any atom is 0.270 e. The second-order valence-corrected chi connectivity index (χ2v) is 7.43. The number of carbonyl (C=O) groups is 1. The molecule has 3 heterocycles. The summed E-state index contributed by atoms with van der Waals surface area (Å²) in [5, 5.41) is 7.67. The Kier molecular flexibility index (Phi) is 3.79. The van der Waals surface area contributed by atoms with Crippen molar-refractivity contribution in [1.82, 2.24) is 24.5 Å². The van der Waals surface area contributed by atoms with Gasteiger partial charge in [-0.15, -0.1) is 0 Å². The number of imidazole rings is 1. The molecular formula is C22H21N5O. The molecule has 1 aliphatic carbocycles. The van der Waals surface area contributed by atoms with Gasteiger partial charge in [0.15, 0.2) is 0 Å². The largest absolute Gasteiger partial charge is 0.344 e. The number of benzene rings is 1. The fourth-order valence-corrected chi connectivity index (χ4v) is 3.98. The zero-order chi connectivity index (χ0) is 19.3. The van der Waals surface area contributed by atoms with Crippen LogP contribution in [0.1, 0.15) is 39.6 Å². The second kappa shape index (κ2) is 6.34. The van der Waals surface area contributed by atoms with Crippen LogP contribution in [-0.4, -0.2) is 25.1 Å². The van der Waals surface area contributed by atoms with E-state index in [-0.39, 0.29) is 11.9 Å². The van der Waals surface area contributed by atoms with Crippen molar-refractivity contribution in [2.45, 2.75) is 25.8 Å². The van der Waals surface area contributed by atoms with Crippen molar-refractivity contribution < 1.29 is 4.79 Å². The fraction of sp³-hybridized carbons (Fsp3) is 0.227. The van der Waals surface area contributed by atoms with Crippen LogP contribution in [0.25, 0.3) is 16.9 Å². The van der Waals surface area contributed by atoms with E-state index in [1.54, 1.807) is 6.20 Å². The average Bonchev–Trinajstić information content (AvgIpc) is 3.39. The van der Waals surface area contributed by atoms with Crippen LogP contribution in [0.4, 0.5) is 0 Å². The van der Waals surface area contributed by atoms with Crippen LogP contribution in [0.5, 0.6) is 0 Å². The monoisotopic (exact) mass is 371 g/mol. The molecule has 3 aromatic heterocycles. The van der Waals surface area contributed by atoms with Crippen LogP contribution in [0.15, 0.2) is 55.0 Å². The molecule has 140 valence electrons. The minimum Gasteiger partial charge on any atom is -0.344 e. The summed E-state index contributed by atoms with van der Waals surface area (Å²) in [5.74, 6) is -0.0928. The highest BCUT2D eigenvalue weighted by molar-refractivity contribution is 5.93. The van der Waals surface area contributed by atoms with Gasteiger partial charge in [0.25, 0.3) is 5.91 Å². The molecule has 1 unspecified atom stereocenters. The molecule has 5 rings (SSSR count). The molecule has 1 atom stereocenters. The minimum atomic E-state index is -0.0928. The van der Waals surface area contributed by atoms with E-state index in [1.165, 1.54) is 11.1 Å². The average molecular weight is 371 g/mol. The third-order valence-corrected chi connectivity index (χ3v) is 5.42. The summed E-state index contributed by atoms with van der Waals surface area (Å²) < 4.78 is 3.66. The van der Waals surface area contributed by atoms with Gasteiger partial charge in [0.1, 0.15) is 11.3 Å². The maximum absolute atomic E-state index is 12.9. The zero-order valence-corrected chi connectivity index (χ0v) is 15.9. The number of hydrogen-bond acceptors (Lipinski definition) is 3. The third kappa shape index (κ3) is 2.78. The van der Waals surface area contributed by atoms with Gasteiger partial charge in [-0.05, 0) is 54.7 Å². The van der Waals surface area contributed by atoms with Crippen molar-refractivity contribution in [1.29, 1.82) is 0 Å². The first-order valence-electron chi connectivity index (χ1n) is 9.46. The van der Waals surface area contributed by atoms with Crippen LogP contribution < -0.4 is 5.32 Å². The van der Waals surface area contributed by atoms with Crippen molar-refractivity contribution in [2.75, 3.05) is 0 Å². The Morgan fingerprint density at radius 3 is 2.93 bits per heavy atom. The first-order valence-corrected chi connectivity index (χ1v) is 9.46. The Balaban J connectivity index is 1.40. The number of nitrogens with zero attached hydrogens (tertiary/aromatic N) is 4. The predicted octanol–water partition coefficient (Wildman–Crippen LogP) is 3.46. The van der Waals surface area contributed by atoms with Gasteiger partial charge in [-0.25, -0.2) is 4.98 Å². The van der Waals surface area contributed by atoms with E-state index in [0.717, 1.165) is 35.3 Å². The van der Waals surface area contributed by atoms with E-state index in [9.17, 15) is 4.79 Å². The van der Waals surface area contributed by atoms with Crippen molar-refractivity contribution in [3.8, 4) is 11.3 Å². The summed E-state index contributed by atoms with van der Waals surface area (Å²) in [6.45, 7) is 2.01. The van der Waals surface area contributed by atoms with Gasteiger partial charge in [-0.2, -0.15) is 5.10 Å². The van der Waals surface area contributed by atoms with Crippen LogP contribution in [-0.2, 0) is 13.5 Å². The Morgan fingerprint density at radius 1 is 1.21 bits per heavy atom. The highest BCUT2D eigenvalue weighted by Crippen LogP contribution is 2.34. The SMILES string of the molecule is Cc1ccc2ncc(C(=O)NC3CCc4cc(-c5ccn(C)n5)ccc43)n2c1. The molecule has 0 saturated carbocycles. The van der Waals surface area contributed by atoms with E-state index in [4.69, 9.17) is 0 Å². The van der Waals surface area contributed by atoms with Crippen molar-refractivity contribution in [2.24, 2.45) is 7.05 Å². The molecule has 6 nitrogen and oxygen atoms in total. The molecule has 0 fully saturated rings. The lowest BCUT2D eigenvalue weighted by Crippen LogP contribution is -2.28. The normalized spacial score (nSPS) is 15.7. The highest BCUT2D eigenvalue weighted by Gasteiger charge is 2.26. The molecule has 28 heavy (non-hydrogen) atoms. The number of aryl methyl sites for hydroxylation is 3. The summed E-state index contributed by atoms with van der Waals surface area (Å²) in [6, 6.07) is 12.4. The summed E-state index contributed by atoms with van der Waals surface area (Å²) in [6.07, 6.45) is 7.39. The lowest BCUT2D eigenvalue weighted by molar-refractivity contribution is 0.0931. The maximum atomic E-state index is 12.9. The third-order valence-electron chi connectivity index (χ3n) is 5.42. The number of fused-ring (bicyclic) bond motifs is 2. The van der Waals surface area contributed by atoms with Gasteiger partial charge >= 0.3 is 0 Å². The molecule has 6 heteroatoms. The summed E-state index contributed by atoms with van der Waals surface area (Å²) in [7, 11) is 1.92. The lowest BCUT2D eigenvalue weighted by atomic mass is 10.0. The molecule has 4 aromatic rings. The molecule has 0 spiro atoms. The van der Waals surface area contributed by atoms with Gasteiger partial charge in [0.05, 0.1) is 17.9 Å². The first kappa shape index (κ1) is 16.7. The van der Waals surface area contributed by atoms with E-state index in [1.807, 2.05) is 53.6 Å². The topological polar surface area (TPSA) is 64.2 Å². The summed E-state index contributed by atoms with van der Waals surface area (Å²) in [4.78, 5) is 17.2. The van der Waals surface area contributed by atoms with E-state index in [0.29, 0.717) is 5.69 Å². The Labute approximate surface area is 162 Å². The molecular weight excluding hydrogens is 350 g/mol. The van der Waals surface area contributed by atoms with Gasteiger partial charge in [-0.3, -0.25) is 13.9 Å². The fourth-order valence-electron chi connectivity index (χ4n) is 3.98. The smallest absolute Gasteiger partial charge is 0.270 e. The number of nitrogens with one attached hydrogen (secondary N) is 1. The number of aromatic nitrogens is 4.